The molecule has 11 heteroatoms. The topological polar surface area (TPSA) is 99.8 Å². The number of H-pyrrole nitrogens is 1. The number of urea groups is 1. The van der Waals surface area contributed by atoms with Gasteiger partial charge in [-0.2, -0.15) is 0 Å². The fraction of sp³-hybridized carbons (Fsp3) is 0.231. The Bertz CT molecular complexity index is 1370. The fourth-order valence-corrected chi connectivity index (χ4v) is 7.33. The van der Waals surface area contributed by atoms with Gasteiger partial charge in [-0.15, -0.1) is 11.8 Å². The number of carbonyl (C=O) groups excluding carboxylic acids is 2. The lowest BCUT2D eigenvalue weighted by molar-refractivity contribution is 0.0923. The second kappa shape index (κ2) is 12.2. The number of amides is 2. The van der Waals surface area contributed by atoms with Gasteiger partial charge in [0.15, 0.2) is 16.1 Å². The third-order valence-corrected chi connectivity index (χ3v) is 9.29. The van der Waals surface area contributed by atoms with Crippen LogP contribution >= 0.6 is 46.5 Å². The van der Waals surface area contributed by atoms with Crippen LogP contribution < -0.4 is 10.6 Å². The van der Waals surface area contributed by atoms with Crippen molar-refractivity contribution in [1.82, 2.24) is 15.0 Å². The van der Waals surface area contributed by atoms with E-state index in [1.165, 1.54) is 23.1 Å². The number of anilines is 2. The van der Waals surface area contributed by atoms with E-state index in [1.54, 1.807) is 42.4 Å². The lowest BCUT2D eigenvalue weighted by atomic mass is 9.95. The standard InChI is InChI=1S/C26H24ClN5O2S3/c27-17-10-11-20(19(14-17)22(33)16-6-4-5-7-16)30-24(34)32-26-31-21(15-35-18-8-2-1-3-9-18)23(37-26)36-25-28-12-13-29-25/h1-3,8-14,16H,4-7,15H2,(H,28,29)(H2,30,31,32,34). The third kappa shape index (κ3) is 6.75. The van der Waals surface area contributed by atoms with Crippen molar-refractivity contribution in [2.24, 2.45) is 5.92 Å². The minimum absolute atomic E-state index is 0.0214. The molecule has 2 aromatic heterocycles. The first-order chi connectivity index (χ1) is 18.0. The third-order valence-electron chi connectivity index (χ3n) is 5.88. The van der Waals surface area contributed by atoms with Gasteiger partial charge in [0.1, 0.15) is 0 Å². The van der Waals surface area contributed by atoms with E-state index in [2.05, 4.69) is 32.7 Å². The Hall–Kier alpha value is -2.79. The van der Waals surface area contributed by atoms with Crippen molar-refractivity contribution in [1.29, 1.82) is 0 Å². The van der Waals surface area contributed by atoms with E-state index in [-0.39, 0.29) is 11.7 Å². The molecular formula is C26H24ClN5O2S3. The maximum atomic E-state index is 13.1. The van der Waals surface area contributed by atoms with Gasteiger partial charge in [0, 0.05) is 39.5 Å². The van der Waals surface area contributed by atoms with Crippen LogP contribution in [0.2, 0.25) is 5.02 Å². The Kier molecular flexibility index (Phi) is 8.50. The van der Waals surface area contributed by atoms with Gasteiger partial charge in [0.2, 0.25) is 0 Å². The van der Waals surface area contributed by atoms with Crippen molar-refractivity contribution in [2.75, 3.05) is 10.6 Å². The van der Waals surface area contributed by atoms with Crippen molar-refractivity contribution < 1.29 is 9.59 Å². The molecule has 0 atom stereocenters. The number of halogens is 1. The predicted octanol–water partition coefficient (Wildman–Crippen LogP) is 7.98. The molecule has 2 amide bonds. The van der Waals surface area contributed by atoms with Gasteiger partial charge in [0.25, 0.3) is 0 Å². The van der Waals surface area contributed by atoms with Gasteiger partial charge in [-0.25, -0.2) is 14.8 Å². The Morgan fingerprint density at radius 2 is 1.92 bits per heavy atom. The Labute approximate surface area is 232 Å². The van der Waals surface area contributed by atoms with Crippen LogP contribution in [0.5, 0.6) is 0 Å². The van der Waals surface area contributed by atoms with Gasteiger partial charge in [-0.05, 0) is 54.9 Å². The normalized spacial score (nSPS) is 13.5. The number of Topliss-reactive ketones (excluding diaryl/α,β-unsaturated/α-hetero) is 1. The van der Waals surface area contributed by atoms with E-state index in [9.17, 15) is 9.59 Å². The number of ketones is 1. The molecule has 190 valence electrons. The first kappa shape index (κ1) is 25.8. The number of nitrogens with zero attached hydrogens (tertiary/aromatic N) is 2. The number of imidazole rings is 1. The number of thioether (sulfide) groups is 1. The van der Waals surface area contributed by atoms with Crippen molar-refractivity contribution >= 4 is 69.1 Å². The molecule has 0 spiro atoms. The number of aromatic nitrogens is 3. The molecule has 2 aromatic carbocycles. The molecule has 0 saturated heterocycles. The van der Waals surface area contributed by atoms with Crippen LogP contribution in [-0.4, -0.2) is 26.8 Å². The van der Waals surface area contributed by atoms with Gasteiger partial charge >= 0.3 is 6.03 Å². The summed E-state index contributed by atoms with van der Waals surface area (Å²) in [7, 11) is 0. The quantitative estimate of drug-likeness (QED) is 0.139. The van der Waals surface area contributed by atoms with Crippen molar-refractivity contribution in [2.45, 2.75) is 45.7 Å². The molecule has 0 bridgehead atoms. The van der Waals surface area contributed by atoms with E-state index >= 15 is 0 Å². The van der Waals surface area contributed by atoms with Crippen LogP contribution in [0.15, 0.2) is 75.2 Å². The summed E-state index contributed by atoms with van der Waals surface area (Å²) < 4.78 is 0.942. The zero-order chi connectivity index (χ0) is 25.6. The van der Waals surface area contributed by atoms with E-state index in [0.717, 1.165) is 45.6 Å². The highest BCUT2D eigenvalue weighted by Crippen LogP contribution is 2.38. The molecule has 1 aliphatic rings. The molecule has 2 heterocycles. The first-order valence-electron chi connectivity index (χ1n) is 11.8. The zero-order valence-corrected chi connectivity index (χ0v) is 22.9. The van der Waals surface area contributed by atoms with Crippen LogP contribution in [0, 0.1) is 5.92 Å². The molecule has 1 aliphatic carbocycles. The predicted molar refractivity (Wildman–Crippen MR) is 151 cm³/mol. The van der Waals surface area contributed by atoms with Crippen LogP contribution in [0.4, 0.5) is 15.6 Å². The summed E-state index contributed by atoms with van der Waals surface area (Å²) in [6.45, 7) is 0. The number of carbonyl (C=O) groups is 2. The number of aromatic amines is 1. The molecule has 3 N–H and O–H groups in total. The zero-order valence-electron chi connectivity index (χ0n) is 19.7. The maximum absolute atomic E-state index is 13.1. The van der Waals surface area contributed by atoms with Crippen LogP contribution in [-0.2, 0) is 5.75 Å². The number of benzene rings is 2. The van der Waals surface area contributed by atoms with Gasteiger partial charge in [-0.1, -0.05) is 54.0 Å². The second-order valence-electron chi connectivity index (χ2n) is 8.47. The van der Waals surface area contributed by atoms with Crippen molar-refractivity contribution in [3.05, 3.63) is 77.2 Å². The summed E-state index contributed by atoms with van der Waals surface area (Å²) >= 11 is 10.7. The molecule has 0 radical (unpaired) electrons. The van der Waals surface area contributed by atoms with Crippen molar-refractivity contribution in [3.8, 4) is 0 Å². The number of thiazole rings is 1. The van der Waals surface area contributed by atoms with E-state index in [4.69, 9.17) is 16.6 Å². The van der Waals surface area contributed by atoms with Gasteiger partial charge in [0.05, 0.1) is 15.6 Å². The highest BCUT2D eigenvalue weighted by atomic mass is 35.5. The lowest BCUT2D eigenvalue weighted by Gasteiger charge is -2.14. The van der Waals surface area contributed by atoms with Crippen LogP contribution in [0.25, 0.3) is 0 Å². The Balaban J connectivity index is 1.31. The Morgan fingerprint density at radius 1 is 1.11 bits per heavy atom. The fourth-order valence-electron chi connectivity index (χ4n) is 4.11. The SMILES string of the molecule is O=C(Nc1nc(CSc2ccccc2)c(Sc2ncc[nH]2)s1)Nc1ccc(Cl)cc1C(=O)C1CCCC1. The second-order valence-corrected chi connectivity index (χ2v) is 12.2. The number of hydrogen-bond acceptors (Lipinski definition) is 7. The number of nitrogens with one attached hydrogen (secondary N) is 3. The van der Waals surface area contributed by atoms with Crippen LogP contribution in [0.3, 0.4) is 0 Å². The summed E-state index contributed by atoms with van der Waals surface area (Å²) in [5, 5.41) is 7.35. The summed E-state index contributed by atoms with van der Waals surface area (Å²) in [4.78, 5) is 39.3. The van der Waals surface area contributed by atoms with Gasteiger partial charge < -0.3 is 10.3 Å². The summed E-state index contributed by atoms with van der Waals surface area (Å²) in [5.41, 5.74) is 1.75. The highest BCUT2D eigenvalue weighted by molar-refractivity contribution is 8.01. The summed E-state index contributed by atoms with van der Waals surface area (Å²) in [6.07, 6.45) is 7.31. The molecule has 0 aliphatic heterocycles. The molecule has 7 nitrogen and oxygen atoms in total. The molecule has 4 aromatic rings. The molecular weight excluding hydrogens is 546 g/mol. The molecule has 5 rings (SSSR count). The lowest BCUT2D eigenvalue weighted by Crippen LogP contribution is -2.22. The average molecular weight is 570 g/mol. The number of rotatable bonds is 9. The minimum Gasteiger partial charge on any atom is -0.339 e. The van der Waals surface area contributed by atoms with Crippen molar-refractivity contribution in [3.63, 3.8) is 0 Å². The Morgan fingerprint density at radius 3 is 2.68 bits per heavy atom. The number of hydrogen-bond donors (Lipinski definition) is 3. The monoisotopic (exact) mass is 569 g/mol. The smallest absolute Gasteiger partial charge is 0.325 e. The summed E-state index contributed by atoms with van der Waals surface area (Å²) in [6, 6.07) is 14.6. The molecule has 0 unspecified atom stereocenters. The first-order valence-corrected chi connectivity index (χ1v) is 14.8. The molecule has 37 heavy (non-hydrogen) atoms. The molecule has 1 saturated carbocycles. The maximum Gasteiger partial charge on any atom is 0.325 e. The molecule has 1 fully saturated rings. The highest BCUT2D eigenvalue weighted by Gasteiger charge is 2.26. The minimum atomic E-state index is -0.464. The average Bonchev–Trinajstić information content (AvgIpc) is 3.68. The summed E-state index contributed by atoms with van der Waals surface area (Å²) in [5.74, 6) is 0.651. The largest absolute Gasteiger partial charge is 0.339 e. The van der Waals surface area contributed by atoms with E-state index in [0.29, 0.717) is 27.2 Å². The van der Waals surface area contributed by atoms with Crippen LogP contribution in [0.1, 0.15) is 41.7 Å². The van der Waals surface area contributed by atoms with E-state index in [1.807, 2.05) is 18.2 Å². The van der Waals surface area contributed by atoms with E-state index < -0.39 is 6.03 Å². The van der Waals surface area contributed by atoms with Gasteiger partial charge in [-0.3, -0.25) is 10.1 Å².